The molecule has 0 aromatic heterocycles. The van der Waals surface area contributed by atoms with E-state index in [-0.39, 0.29) is 23.7 Å². The molecule has 0 heterocycles. The van der Waals surface area contributed by atoms with Gasteiger partial charge in [-0.2, -0.15) is 0 Å². The number of ether oxygens (including phenoxy) is 1. The molecule has 1 aromatic carbocycles. The van der Waals surface area contributed by atoms with E-state index in [1.54, 1.807) is 12.1 Å². The van der Waals surface area contributed by atoms with E-state index in [4.69, 9.17) is 4.74 Å². The third kappa shape index (κ3) is 2.97. The summed E-state index contributed by atoms with van der Waals surface area (Å²) < 4.78 is 5.46. The third-order valence-corrected chi connectivity index (χ3v) is 5.84. The second-order valence-electron chi connectivity index (χ2n) is 7.79. The number of benzene rings is 1. The number of nitro benzene ring substituents is 1. The first-order valence-electron chi connectivity index (χ1n) is 8.70. The molecule has 4 aliphatic rings. The second kappa shape index (κ2) is 5.76. The van der Waals surface area contributed by atoms with Crippen molar-refractivity contribution in [1.82, 2.24) is 5.32 Å². The molecule has 4 saturated carbocycles. The smallest absolute Gasteiger partial charge is 0.273 e. The van der Waals surface area contributed by atoms with Crippen LogP contribution in [0.1, 0.15) is 38.5 Å². The summed E-state index contributed by atoms with van der Waals surface area (Å²) in [6, 6.07) is 5.94. The summed E-state index contributed by atoms with van der Waals surface area (Å²) in [4.78, 5) is 22.7. The highest BCUT2D eigenvalue weighted by Gasteiger charge is 2.51. The highest BCUT2D eigenvalue weighted by atomic mass is 16.6. The molecular formula is C18H22N2O4. The Morgan fingerprint density at radius 3 is 2.42 bits per heavy atom. The van der Waals surface area contributed by atoms with Gasteiger partial charge in [0, 0.05) is 11.6 Å². The number of nitro groups is 1. The van der Waals surface area contributed by atoms with Crippen molar-refractivity contribution in [3.63, 3.8) is 0 Å². The van der Waals surface area contributed by atoms with Crippen molar-refractivity contribution in [3.05, 3.63) is 34.4 Å². The van der Waals surface area contributed by atoms with Gasteiger partial charge in [0.05, 0.1) is 11.0 Å². The zero-order valence-electron chi connectivity index (χ0n) is 13.6. The SMILES string of the molecule is O=C(COc1cccc([N+](=O)[O-])c1)NC12CC3CC(CC(C3)C1)C2. The Kier molecular flexibility index (Phi) is 3.70. The topological polar surface area (TPSA) is 81.5 Å². The maximum absolute atomic E-state index is 12.3. The summed E-state index contributed by atoms with van der Waals surface area (Å²) in [6.07, 6.45) is 7.29. The van der Waals surface area contributed by atoms with Crippen LogP contribution in [0.4, 0.5) is 5.69 Å². The van der Waals surface area contributed by atoms with Crippen molar-refractivity contribution >= 4 is 11.6 Å². The van der Waals surface area contributed by atoms with Gasteiger partial charge in [-0.1, -0.05) is 6.07 Å². The second-order valence-corrected chi connectivity index (χ2v) is 7.79. The minimum Gasteiger partial charge on any atom is -0.484 e. The molecule has 4 aliphatic carbocycles. The van der Waals surface area contributed by atoms with Crippen molar-refractivity contribution < 1.29 is 14.5 Å². The van der Waals surface area contributed by atoms with Crippen LogP contribution in [0, 0.1) is 27.9 Å². The van der Waals surface area contributed by atoms with Crippen LogP contribution in [0.2, 0.25) is 0 Å². The molecule has 0 atom stereocenters. The summed E-state index contributed by atoms with van der Waals surface area (Å²) in [6.45, 7) is -0.0943. The van der Waals surface area contributed by atoms with Crippen LogP contribution in [0.15, 0.2) is 24.3 Å². The van der Waals surface area contributed by atoms with Crippen LogP contribution in [-0.4, -0.2) is 23.0 Å². The summed E-state index contributed by atoms with van der Waals surface area (Å²) >= 11 is 0. The molecule has 0 radical (unpaired) electrons. The monoisotopic (exact) mass is 330 g/mol. The van der Waals surface area contributed by atoms with E-state index >= 15 is 0 Å². The Balaban J connectivity index is 1.36. The highest BCUT2D eigenvalue weighted by Crippen LogP contribution is 2.55. The normalized spacial score (nSPS) is 33.2. The summed E-state index contributed by atoms with van der Waals surface area (Å²) in [5.74, 6) is 2.55. The molecule has 0 saturated heterocycles. The van der Waals surface area contributed by atoms with Crippen molar-refractivity contribution in [2.75, 3.05) is 6.61 Å². The van der Waals surface area contributed by atoms with Crippen LogP contribution in [0.3, 0.4) is 0 Å². The molecule has 1 amide bonds. The molecular weight excluding hydrogens is 308 g/mol. The van der Waals surface area contributed by atoms with Gasteiger partial charge in [-0.05, 0) is 62.3 Å². The van der Waals surface area contributed by atoms with E-state index in [9.17, 15) is 14.9 Å². The molecule has 4 bridgehead atoms. The Hall–Kier alpha value is -2.11. The third-order valence-electron chi connectivity index (χ3n) is 5.84. The lowest BCUT2D eigenvalue weighted by Gasteiger charge is -2.56. The number of nitrogens with one attached hydrogen (secondary N) is 1. The molecule has 0 unspecified atom stereocenters. The number of amides is 1. The van der Waals surface area contributed by atoms with E-state index in [1.807, 2.05) is 0 Å². The number of hydrogen-bond donors (Lipinski definition) is 1. The number of carbonyl (C=O) groups is 1. The van der Waals surface area contributed by atoms with Gasteiger partial charge in [0.2, 0.25) is 0 Å². The lowest BCUT2D eigenvalue weighted by atomic mass is 9.53. The Bertz CT molecular complexity index is 637. The molecule has 0 aliphatic heterocycles. The lowest BCUT2D eigenvalue weighted by Crippen LogP contribution is -2.60. The number of hydrogen-bond acceptors (Lipinski definition) is 4. The fourth-order valence-corrected chi connectivity index (χ4v) is 5.43. The van der Waals surface area contributed by atoms with Crippen molar-refractivity contribution in [3.8, 4) is 5.75 Å². The average molecular weight is 330 g/mol. The van der Waals surface area contributed by atoms with Gasteiger partial charge in [-0.3, -0.25) is 14.9 Å². The van der Waals surface area contributed by atoms with E-state index in [0.717, 1.165) is 37.0 Å². The van der Waals surface area contributed by atoms with Gasteiger partial charge in [-0.15, -0.1) is 0 Å². The van der Waals surface area contributed by atoms with Crippen LogP contribution in [-0.2, 0) is 4.79 Å². The fraction of sp³-hybridized carbons (Fsp3) is 0.611. The Morgan fingerprint density at radius 1 is 1.21 bits per heavy atom. The van der Waals surface area contributed by atoms with Crippen LogP contribution < -0.4 is 10.1 Å². The Labute approximate surface area is 140 Å². The van der Waals surface area contributed by atoms with Gasteiger partial charge >= 0.3 is 0 Å². The molecule has 1 aromatic rings. The van der Waals surface area contributed by atoms with E-state index in [2.05, 4.69) is 5.32 Å². The first-order chi connectivity index (χ1) is 11.5. The van der Waals surface area contributed by atoms with Gasteiger partial charge in [0.15, 0.2) is 6.61 Å². The zero-order chi connectivity index (χ0) is 16.7. The van der Waals surface area contributed by atoms with Crippen molar-refractivity contribution in [2.45, 2.75) is 44.1 Å². The van der Waals surface area contributed by atoms with Gasteiger partial charge < -0.3 is 10.1 Å². The zero-order valence-corrected chi connectivity index (χ0v) is 13.6. The van der Waals surface area contributed by atoms with E-state index in [1.165, 1.54) is 31.4 Å². The number of nitrogens with zero attached hydrogens (tertiary/aromatic N) is 1. The fourth-order valence-electron chi connectivity index (χ4n) is 5.43. The van der Waals surface area contributed by atoms with Crippen molar-refractivity contribution in [2.24, 2.45) is 17.8 Å². The predicted octanol–water partition coefficient (Wildman–Crippen LogP) is 3.06. The molecule has 0 spiro atoms. The van der Waals surface area contributed by atoms with Crippen LogP contribution in [0.25, 0.3) is 0 Å². The van der Waals surface area contributed by atoms with Crippen molar-refractivity contribution in [1.29, 1.82) is 0 Å². The molecule has 24 heavy (non-hydrogen) atoms. The molecule has 6 heteroatoms. The standard InChI is InChI=1S/C18H22N2O4/c21-17(11-24-16-3-1-2-15(7-16)20(22)23)19-18-8-12-4-13(9-18)6-14(5-12)10-18/h1-3,7,12-14H,4-6,8-11H2,(H,19,21). The number of carbonyl (C=O) groups excluding carboxylic acids is 1. The summed E-state index contributed by atoms with van der Waals surface area (Å²) in [7, 11) is 0. The van der Waals surface area contributed by atoms with E-state index < -0.39 is 4.92 Å². The lowest BCUT2D eigenvalue weighted by molar-refractivity contribution is -0.384. The maximum atomic E-state index is 12.3. The highest BCUT2D eigenvalue weighted by molar-refractivity contribution is 5.78. The first kappa shape index (κ1) is 15.4. The summed E-state index contributed by atoms with van der Waals surface area (Å²) in [5, 5.41) is 14.0. The van der Waals surface area contributed by atoms with Crippen LogP contribution in [0.5, 0.6) is 5.75 Å². The minimum atomic E-state index is -0.470. The molecule has 6 nitrogen and oxygen atoms in total. The average Bonchev–Trinajstić information content (AvgIpc) is 2.51. The molecule has 4 fully saturated rings. The van der Waals surface area contributed by atoms with Gasteiger partial charge in [-0.25, -0.2) is 0 Å². The summed E-state index contributed by atoms with van der Waals surface area (Å²) in [5.41, 5.74) is -0.0632. The quantitative estimate of drug-likeness (QED) is 0.664. The minimum absolute atomic E-state index is 0.0299. The first-order valence-corrected chi connectivity index (χ1v) is 8.70. The van der Waals surface area contributed by atoms with Gasteiger partial charge in [0.1, 0.15) is 5.75 Å². The number of rotatable bonds is 5. The van der Waals surface area contributed by atoms with Crippen LogP contribution >= 0.6 is 0 Å². The maximum Gasteiger partial charge on any atom is 0.273 e. The predicted molar refractivity (Wildman–Crippen MR) is 87.6 cm³/mol. The van der Waals surface area contributed by atoms with Gasteiger partial charge in [0.25, 0.3) is 11.6 Å². The largest absolute Gasteiger partial charge is 0.484 e. The Morgan fingerprint density at radius 2 is 1.83 bits per heavy atom. The molecule has 5 rings (SSSR count). The molecule has 128 valence electrons. The van der Waals surface area contributed by atoms with E-state index in [0.29, 0.717) is 5.75 Å². The molecule has 1 N–H and O–H groups in total. The number of non-ortho nitro benzene ring substituents is 1.